The first-order valence-electron chi connectivity index (χ1n) is 11.0. The van der Waals surface area contributed by atoms with E-state index in [-0.39, 0.29) is 12.0 Å². The fraction of sp³-hybridized carbons (Fsp3) is 0.478. The van der Waals surface area contributed by atoms with Crippen LogP contribution in [0, 0.1) is 0 Å². The van der Waals surface area contributed by atoms with Gasteiger partial charge in [-0.05, 0) is 49.9 Å². The summed E-state index contributed by atoms with van der Waals surface area (Å²) >= 11 is 0. The normalized spacial score (nSPS) is 18.7. The van der Waals surface area contributed by atoms with Crippen LogP contribution in [0.1, 0.15) is 53.8 Å². The van der Waals surface area contributed by atoms with Crippen molar-refractivity contribution in [2.24, 2.45) is 0 Å². The zero-order valence-corrected chi connectivity index (χ0v) is 18.0. The van der Waals surface area contributed by atoms with E-state index in [4.69, 9.17) is 18.4 Å². The molecule has 1 aliphatic carbocycles. The number of benzene rings is 1. The number of hydrogen-bond donors (Lipinski definition) is 0. The Bertz CT molecular complexity index is 1060. The van der Waals surface area contributed by atoms with Crippen molar-refractivity contribution in [2.75, 3.05) is 26.8 Å². The summed E-state index contributed by atoms with van der Waals surface area (Å²) in [6.45, 7) is 1.69. The van der Waals surface area contributed by atoms with Crippen LogP contribution in [0.4, 0.5) is 0 Å². The molecule has 2 fully saturated rings. The number of carbonyl (C=O) groups excluding carboxylic acids is 1. The highest BCUT2D eigenvalue weighted by molar-refractivity contribution is 5.97. The topological polar surface area (TPSA) is 104 Å². The van der Waals surface area contributed by atoms with Gasteiger partial charge in [0.25, 0.3) is 5.91 Å². The number of piperidine rings is 1. The van der Waals surface area contributed by atoms with E-state index in [1.54, 1.807) is 12.0 Å². The van der Waals surface area contributed by atoms with Crippen LogP contribution in [0.2, 0.25) is 0 Å². The summed E-state index contributed by atoms with van der Waals surface area (Å²) in [6, 6.07) is 7.36. The Labute approximate surface area is 185 Å². The number of aromatic nitrogens is 3. The van der Waals surface area contributed by atoms with Gasteiger partial charge < -0.3 is 23.3 Å². The second-order valence-electron chi connectivity index (χ2n) is 8.22. The SMILES string of the molecule is COc1ccc(-c2ocnc2C(=O)N2CCCC(OCCc3noc(C4CC4)n3)C2)cc1. The number of amides is 1. The first kappa shape index (κ1) is 20.7. The van der Waals surface area contributed by atoms with Crippen LogP contribution in [0.5, 0.6) is 5.75 Å². The molecule has 1 aromatic carbocycles. The Morgan fingerprint density at radius 2 is 2.06 bits per heavy atom. The number of ether oxygens (including phenoxy) is 2. The fourth-order valence-electron chi connectivity index (χ4n) is 3.94. The minimum Gasteiger partial charge on any atom is -0.497 e. The monoisotopic (exact) mass is 438 g/mol. The zero-order chi connectivity index (χ0) is 21.9. The molecule has 32 heavy (non-hydrogen) atoms. The first-order chi connectivity index (χ1) is 15.7. The fourth-order valence-corrected chi connectivity index (χ4v) is 3.94. The van der Waals surface area contributed by atoms with Crippen LogP contribution in [0.3, 0.4) is 0 Å². The molecule has 168 valence electrons. The van der Waals surface area contributed by atoms with Gasteiger partial charge in [-0.25, -0.2) is 4.98 Å². The number of likely N-dealkylation sites (tertiary alicyclic amines) is 1. The summed E-state index contributed by atoms with van der Waals surface area (Å²) in [5, 5.41) is 4.03. The van der Waals surface area contributed by atoms with Crippen LogP contribution in [-0.4, -0.2) is 58.8 Å². The molecular weight excluding hydrogens is 412 g/mol. The van der Waals surface area contributed by atoms with E-state index in [2.05, 4.69) is 15.1 Å². The number of methoxy groups -OCH3 is 1. The lowest BCUT2D eigenvalue weighted by molar-refractivity contribution is 0.00235. The number of nitrogens with zero attached hydrogens (tertiary/aromatic N) is 4. The Balaban J connectivity index is 1.18. The zero-order valence-electron chi connectivity index (χ0n) is 18.0. The third kappa shape index (κ3) is 4.52. The van der Waals surface area contributed by atoms with E-state index in [0.29, 0.717) is 49.3 Å². The molecule has 9 nitrogen and oxygen atoms in total. The van der Waals surface area contributed by atoms with E-state index < -0.39 is 0 Å². The van der Waals surface area contributed by atoms with E-state index >= 15 is 0 Å². The van der Waals surface area contributed by atoms with Crippen molar-refractivity contribution in [1.29, 1.82) is 0 Å². The predicted molar refractivity (Wildman–Crippen MR) is 113 cm³/mol. The summed E-state index contributed by atoms with van der Waals surface area (Å²) in [4.78, 5) is 23.6. The van der Waals surface area contributed by atoms with Gasteiger partial charge in [-0.2, -0.15) is 4.98 Å². The van der Waals surface area contributed by atoms with E-state index in [1.165, 1.54) is 6.39 Å². The molecule has 5 rings (SSSR count). The molecule has 1 atom stereocenters. The Kier molecular flexibility index (Phi) is 5.89. The molecule has 1 unspecified atom stereocenters. The third-order valence-corrected chi connectivity index (χ3v) is 5.88. The number of hydrogen-bond acceptors (Lipinski definition) is 8. The van der Waals surface area contributed by atoms with Gasteiger partial charge in [-0.15, -0.1) is 0 Å². The summed E-state index contributed by atoms with van der Waals surface area (Å²) < 4.78 is 22.1. The summed E-state index contributed by atoms with van der Waals surface area (Å²) in [6.07, 6.45) is 5.94. The molecule has 3 heterocycles. The molecule has 3 aromatic rings. The highest BCUT2D eigenvalue weighted by atomic mass is 16.5. The van der Waals surface area contributed by atoms with E-state index in [1.807, 2.05) is 24.3 Å². The molecule has 0 bridgehead atoms. The van der Waals surface area contributed by atoms with Crippen LogP contribution < -0.4 is 4.74 Å². The molecular formula is C23H26N4O5. The lowest BCUT2D eigenvalue weighted by Gasteiger charge is -2.32. The third-order valence-electron chi connectivity index (χ3n) is 5.88. The number of oxazole rings is 1. The quantitative estimate of drug-likeness (QED) is 0.527. The maximum Gasteiger partial charge on any atom is 0.276 e. The molecule has 0 spiro atoms. The van der Waals surface area contributed by atoms with E-state index in [9.17, 15) is 4.79 Å². The lowest BCUT2D eigenvalue weighted by atomic mass is 10.1. The summed E-state index contributed by atoms with van der Waals surface area (Å²) in [5.41, 5.74) is 1.09. The standard InChI is InChI=1S/C23H26N4O5/c1-29-17-8-6-15(7-9-17)21-20(24-14-31-21)23(28)27-11-2-3-18(13-27)30-12-10-19-25-22(32-26-19)16-4-5-16/h6-9,14,16,18H,2-5,10-13H2,1H3. The van der Waals surface area contributed by atoms with Crippen LogP contribution >= 0.6 is 0 Å². The molecule has 1 aliphatic heterocycles. The van der Waals surface area contributed by atoms with Crippen molar-refractivity contribution >= 4 is 5.91 Å². The lowest BCUT2D eigenvalue weighted by Crippen LogP contribution is -2.43. The van der Waals surface area contributed by atoms with Crippen molar-refractivity contribution in [1.82, 2.24) is 20.0 Å². The maximum atomic E-state index is 13.2. The van der Waals surface area contributed by atoms with Gasteiger partial charge in [-0.1, -0.05) is 5.16 Å². The molecule has 9 heteroatoms. The maximum absolute atomic E-state index is 13.2. The first-order valence-corrected chi connectivity index (χ1v) is 11.0. The molecule has 2 aliphatic rings. The van der Waals surface area contributed by atoms with Crippen LogP contribution in [-0.2, 0) is 11.2 Å². The molecule has 1 saturated heterocycles. The average molecular weight is 438 g/mol. The Morgan fingerprint density at radius 3 is 2.84 bits per heavy atom. The van der Waals surface area contributed by atoms with Crippen molar-refractivity contribution in [2.45, 2.75) is 44.1 Å². The van der Waals surface area contributed by atoms with Crippen LogP contribution in [0.15, 0.2) is 39.6 Å². The largest absolute Gasteiger partial charge is 0.497 e. The minimum absolute atomic E-state index is 0.0289. The Morgan fingerprint density at radius 1 is 1.22 bits per heavy atom. The predicted octanol–water partition coefficient (Wildman–Crippen LogP) is 3.47. The van der Waals surface area contributed by atoms with Crippen molar-refractivity contribution in [3.05, 3.63) is 48.1 Å². The smallest absolute Gasteiger partial charge is 0.276 e. The van der Waals surface area contributed by atoms with Gasteiger partial charge in [0.1, 0.15) is 5.75 Å². The highest BCUT2D eigenvalue weighted by Gasteiger charge is 2.30. The average Bonchev–Trinajstić information content (AvgIpc) is 3.37. The molecule has 1 amide bonds. The van der Waals surface area contributed by atoms with Gasteiger partial charge in [0, 0.05) is 31.0 Å². The second kappa shape index (κ2) is 9.12. The molecule has 2 aromatic heterocycles. The van der Waals surface area contributed by atoms with Gasteiger partial charge in [-0.3, -0.25) is 4.79 Å². The van der Waals surface area contributed by atoms with Crippen molar-refractivity contribution in [3.63, 3.8) is 0 Å². The van der Waals surface area contributed by atoms with Crippen molar-refractivity contribution < 1.29 is 23.2 Å². The van der Waals surface area contributed by atoms with Gasteiger partial charge in [0.05, 0.1) is 19.8 Å². The van der Waals surface area contributed by atoms with Gasteiger partial charge >= 0.3 is 0 Å². The number of carbonyl (C=O) groups is 1. The van der Waals surface area contributed by atoms with Gasteiger partial charge in [0.2, 0.25) is 5.89 Å². The molecule has 1 saturated carbocycles. The second-order valence-corrected chi connectivity index (χ2v) is 8.22. The van der Waals surface area contributed by atoms with E-state index in [0.717, 1.165) is 42.9 Å². The van der Waals surface area contributed by atoms with Crippen molar-refractivity contribution in [3.8, 4) is 17.1 Å². The van der Waals surface area contributed by atoms with Crippen LogP contribution in [0.25, 0.3) is 11.3 Å². The van der Waals surface area contributed by atoms with Gasteiger partial charge in [0.15, 0.2) is 23.7 Å². The summed E-state index contributed by atoms with van der Waals surface area (Å²) in [5.74, 6) is 2.93. The number of rotatable bonds is 8. The minimum atomic E-state index is -0.148. The highest BCUT2D eigenvalue weighted by Crippen LogP contribution is 2.38. The molecule has 0 N–H and O–H groups in total. The summed E-state index contributed by atoms with van der Waals surface area (Å²) in [7, 11) is 1.61. The molecule has 0 radical (unpaired) electrons. The Hall–Kier alpha value is -3.20.